The van der Waals surface area contributed by atoms with E-state index in [-0.39, 0.29) is 5.91 Å². The minimum atomic E-state index is -0.0284. The zero-order valence-corrected chi connectivity index (χ0v) is 12.1. The van der Waals surface area contributed by atoms with Crippen LogP contribution in [0.25, 0.3) is 0 Å². The van der Waals surface area contributed by atoms with Crippen molar-refractivity contribution in [3.05, 3.63) is 35.4 Å². The Hall–Kier alpha value is -1.60. The van der Waals surface area contributed by atoms with Crippen molar-refractivity contribution in [1.82, 2.24) is 15.5 Å². The molecule has 0 saturated heterocycles. The van der Waals surface area contributed by atoms with Crippen molar-refractivity contribution < 1.29 is 4.79 Å². The van der Waals surface area contributed by atoms with Crippen LogP contribution in [-0.2, 0) is 11.3 Å². The molecular weight excluding hydrogens is 280 g/mol. The van der Waals surface area contributed by atoms with Gasteiger partial charge in [-0.05, 0) is 12.5 Å². The number of anilines is 1. The second-order valence-corrected chi connectivity index (χ2v) is 6.19. The first-order valence-corrected chi connectivity index (χ1v) is 7.48. The molecule has 0 atom stereocenters. The average molecular weight is 294 g/mol. The highest BCUT2D eigenvalue weighted by molar-refractivity contribution is 8.01. The Morgan fingerprint density at radius 2 is 2.11 bits per heavy atom. The van der Waals surface area contributed by atoms with Gasteiger partial charge in [0, 0.05) is 6.54 Å². The number of aromatic nitrogens is 2. The second-order valence-electron chi connectivity index (χ2n) is 3.96. The fourth-order valence-electron chi connectivity index (χ4n) is 1.36. The number of aryl methyl sites for hydroxylation is 1. The van der Waals surface area contributed by atoms with Gasteiger partial charge in [-0.25, -0.2) is 0 Å². The van der Waals surface area contributed by atoms with Gasteiger partial charge in [-0.15, -0.1) is 10.2 Å². The zero-order valence-electron chi connectivity index (χ0n) is 10.4. The summed E-state index contributed by atoms with van der Waals surface area (Å²) in [6.07, 6.45) is 0. The molecule has 0 aliphatic carbocycles. The molecule has 0 saturated carbocycles. The molecule has 5 nitrogen and oxygen atoms in total. The molecule has 100 valence electrons. The van der Waals surface area contributed by atoms with Gasteiger partial charge in [0.2, 0.25) is 11.0 Å². The lowest BCUT2D eigenvalue weighted by Gasteiger charge is -2.04. The van der Waals surface area contributed by atoms with Crippen molar-refractivity contribution in [2.45, 2.75) is 17.8 Å². The molecule has 0 radical (unpaired) electrons. The summed E-state index contributed by atoms with van der Waals surface area (Å²) in [5, 5.41) is 10.8. The van der Waals surface area contributed by atoms with E-state index in [1.54, 1.807) is 0 Å². The van der Waals surface area contributed by atoms with Gasteiger partial charge in [0.15, 0.2) is 4.34 Å². The Balaban J connectivity index is 1.74. The van der Waals surface area contributed by atoms with Crippen molar-refractivity contribution in [3.8, 4) is 0 Å². The molecule has 2 aromatic rings. The fourth-order valence-corrected chi connectivity index (χ4v) is 2.83. The van der Waals surface area contributed by atoms with Crippen molar-refractivity contribution in [2.24, 2.45) is 0 Å². The van der Waals surface area contributed by atoms with Gasteiger partial charge in [-0.2, -0.15) is 0 Å². The van der Waals surface area contributed by atoms with E-state index in [0.29, 0.717) is 21.8 Å². The lowest BCUT2D eigenvalue weighted by molar-refractivity contribution is -0.118. The first-order chi connectivity index (χ1) is 9.13. The monoisotopic (exact) mass is 294 g/mol. The number of hydrogen-bond donors (Lipinski definition) is 2. The quantitative estimate of drug-likeness (QED) is 0.822. The van der Waals surface area contributed by atoms with Crippen molar-refractivity contribution in [3.63, 3.8) is 0 Å². The number of carbonyl (C=O) groups is 1. The van der Waals surface area contributed by atoms with Crippen molar-refractivity contribution >= 4 is 34.1 Å². The summed E-state index contributed by atoms with van der Waals surface area (Å²) in [5.74, 6) is 0.292. The molecule has 1 amide bonds. The van der Waals surface area contributed by atoms with Crippen LogP contribution in [0, 0.1) is 6.92 Å². The number of nitrogens with two attached hydrogens (primary N) is 1. The van der Waals surface area contributed by atoms with Crippen LogP contribution in [0.1, 0.15) is 11.1 Å². The molecule has 7 heteroatoms. The summed E-state index contributed by atoms with van der Waals surface area (Å²) < 4.78 is 0.711. The van der Waals surface area contributed by atoms with E-state index in [1.807, 2.05) is 31.2 Å². The maximum absolute atomic E-state index is 11.7. The second kappa shape index (κ2) is 6.53. The smallest absolute Gasteiger partial charge is 0.230 e. The van der Waals surface area contributed by atoms with Crippen LogP contribution in [0.2, 0.25) is 0 Å². The molecular formula is C12H14N4OS2. The average Bonchev–Trinajstić information content (AvgIpc) is 2.81. The number of rotatable bonds is 5. The zero-order chi connectivity index (χ0) is 13.7. The molecule has 0 spiro atoms. The van der Waals surface area contributed by atoms with Crippen LogP contribution >= 0.6 is 23.1 Å². The van der Waals surface area contributed by atoms with Crippen LogP contribution < -0.4 is 11.1 Å². The molecule has 0 unspecified atom stereocenters. The highest BCUT2D eigenvalue weighted by Crippen LogP contribution is 2.22. The Bertz CT molecular complexity index is 553. The van der Waals surface area contributed by atoms with Gasteiger partial charge in [0.25, 0.3) is 0 Å². The van der Waals surface area contributed by atoms with Gasteiger partial charge in [-0.1, -0.05) is 52.9 Å². The van der Waals surface area contributed by atoms with Gasteiger partial charge < -0.3 is 11.1 Å². The lowest BCUT2D eigenvalue weighted by Crippen LogP contribution is -2.24. The van der Waals surface area contributed by atoms with Crippen LogP contribution in [-0.4, -0.2) is 21.9 Å². The van der Waals surface area contributed by atoms with E-state index in [4.69, 9.17) is 5.73 Å². The topological polar surface area (TPSA) is 80.9 Å². The number of hydrogen-bond acceptors (Lipinski definition) is 6. The predicted molar refractivity (Wildman–Crippen MR) is 78.1 cm³/mol. The molecule has 1 heterocycles. The Morgan fingerprint density at radius 1 is 1.37 bits per heavy atom. The normalized spacial score (nSPS) is 10.4. The van der Waals surface area contributed by atoms with Crippen molar-refractivity contribution in [1.29, 1.82) is 0 Å². The maximum Gasteiger partial charge on any atom is 0.230 e. The van der Waals surface area contributed by atoms with E-state index < -0.39 is 0 Å². The first kappa shape index (κ1) is 13.8. The Labute approximate surface area is 119 Å². The Morgan fingerprint density at radius 3 is 2.74 bits per heavy atom. The minimum absolute atomic E-state index is 0.0284. The van der Waals surface area contributed by atoms with Crippen LogP contribution in [0.4, 0.5) is 5.13 Å². The Kier molecular flexibility index (Phi) is 4.75. The minimum Gasteiger partial charge on any atom is -0.374 e. The summed E-state index contributed by atoms with van der Waals surface area (Å²) in [7, 11) is 0. The van der Waals surface area contributed by atoms with Crippen LogP contribution in [0.5, 0.6) is 0 Å². The molecule has 3 N–H and O–H groups in total. The third-order valence-corrected chi connectivity index (χ3v) is 4.24. The van der Waals surface area contributed by atoms with E-state index >= 15 is 0 Å². The number of carbonyl (C=O) groups excluding carboxylic acids is 1. The highest BCUT2D eigenvalue weighted by atomic mass is 32.2. The summed E-state index contributed by atoms with van der Waals surface area (Å²) in [5.41, 5.74) is 7.76. The van der Waals surface area contributed by atoms with Gasteiger partial charge in [-0.3, -0.25) is 4.79 Å². The molecule has 0 fully saturated rings. The van der Waals surface area contributed by atoms with E-state index in [2.05, 4.69) is 15.5 Å². The molecule has 0 aliphatic rings. The van der Waals surface area contributed by atoms with Gasteiger partial charge >= 0.3 is 0 Å². The number of nitrogen functional groups attached to an aromatic ring is 1. The first-order valence-electron chi connectivity index (χ1n) is 5.67. The molecule has 0 bridgehead atoms. The third-order valence-electron chi connectivity index (χ3n) is 2.36. The highest BCUT2D eigenvalue weighted by Gasteiger charge is 2.06. The summed E-state index contributed by atoms with van der Waals surface area (Å²) in [4.78, 5) is 11.7. The maximum atomic E-state index is 11.7. The summed E-state index contributed by atoms with van der Waals surface area (Å²) in [6.45, 7) is 2.57. The number of nitrogens with zero attached hydrogens (tertiary/aromatic N) is 2. The number of thioether (sulfide) groups is 1. The summed E-state index contributed by atoms with van der Waals surface area (Å²) in [6, 6.07) is 8.07. The fraction of sp³-hybridized carbons (Fsp3) is 0.250. The molecule has 19 heavy (non-hydrogen) atoms. The summed E-state index contributed by atoms with van der Waals surface area (Å²) >= 11 is 2.62. The number of benzene rings is 1. The van der Waals surface area contributed by atoms with E-state index in [1.165, 1.54) is 28.7 Å². The molecule has 2 rings (SSSR count). The SMILES string of the molecule is Cc1ccc(CNC(=O)CSc2nnc(N)s2)cc1. The van der Waals surface area contributed by atoms with Gasteiger partial charge in [0.05, 0.1) is 5.75 Å². The third kappa shape index (κ3) is 4.53. The van der Waals surface area contributed by atoms with Gasteiger partial charge in [0.1, 0.15) is 0 Å². The number of amides is 1. The lowest BCUT2D eigenvalue weighted by atomic mass is 10.1. The van der Waals surface area contributed by atoms with E-state index in [9.17, 15) is 4.79 Å². The van der Waals surface area contributed by atoms with Crippen LogP contribution in [0.15, 0.2) is 28.6 Å². The standard InChI is InChI=1S/C12H14N4OS2/c1-8-2-4-9(5-3-8)6-14-10(17)7-18-12-16-15-11(13)19-12/h2-5H,6-7H2,1H3,(H2,13,15)(H,14,17). The number of nitrogens with one attached hydrogen (secondary N) is 1. The molecule has 0 aliphatic heterocycles. The van der Waals surface area contributed by atoms with E-state index in [0.717, 1.165) is 5.56 Å². The van der Waals surface area contributed by atoms with Crippen LogP contribution in [0.3, 0.4) is 0 Å². The predicted octanol–water partition coefficient (Wildman–Crippen LogP) is 1.84. The molecule has 1 aromatic heterocycles. The van der Waals surface area contributed by atoms with Crippen molar-refractivity contribution in [2.75, 3.05) is 11.5 Å². The molecule has 1 aromatic carbocycles. The largest absolute Gasteiger partial charge is 0.374 e.